The first kappa shape index (κ1) is 29.4. The molecule has 0 spiro atoms. The molecule has 222 valence electrons. The molecule has 0 bridgehead atoms. The number of fused-ring (bicyclic) bond motifs is 2. The van der Waals surface area contributed by atoms with E-state index in [2.05, 4.69) is 42.8 Å². The zero-order chi connectivity index (χ0) is 30.7. The van der Waals surface area contributed by atoms with Gasteiger partial charge in [-0.25, -0.2) is 4.79 Å². The Morgan fingerprint density at radius 2 is 1.30 bits per heavy atom. The molecule has 9 nitrogen and oxygen atoms in total. The van der Waals surface area contributed by atoms with Crippen LogP contribution in [0.4, 0.5) is 22.7 Å². The van der Waals surface area contributed by atoms with Crippen LogP contribution in [0.1, 0.15) is 54.7 Å². The van der Waals surface area contributed by atoms with Crippen molar-refractivity contribution in [2.24, 2.45) is 0 Å². The molecule has 1 aliphatic rings. The summed E-state index contributed by atoms with van der Waals surface area (Å²) in [6, 6.07) is 25.2. The van der Waals surface area contributed by atoms with Crippen LogP contribution in [0.25, 0.3) is 0 Å². The van der Waals surface area contributed by atoms with Gasteiger partial charge in [0.15, 0.2) is 0 Å². The van der Waals surface area contributed by atoms with E-state index in [0.717, 1.165) is 48.7 Å². The first-order chi connectivity index (χ1) is 20.8. The minimum absolute atomic E-state index is 0.0361. The lowest BCUT2D eigenvalue weighted by Crippen LogP contribution is -2.42. The lowest BCUT2D eigenvalue weighted by Gasteiger charge is -2.43. The van der Waals surface area contributed by atoms with Crippen LogP contribution in [0.3, 0.4) is 0 Å². The molecule has 2 N–H and O–H groups in total. The Morgan fingerprint density at radius 3 is 1.77 bits per heavy atom. The van der Waals surface area contributed by atoms with Crippen molar-refractivity contribution in [2.75, 3.05) is 41.3 Å². The van der Waals surface area contributed by atoms with Gasteiger partial charge in [-0.05, 0) is 58.0 Å². The van der Waals surface area contributed by atoms with Crippen LogP contribution >= 0.6 is 0 Å². The maximum absolute atomic E-state index is 12.7. The SMILES string of the molecule is CCN(CC)c1ccc2c(c1)Oc1cc(N(CC)CC)ccc1C2(Nc1ccc([N+](=O)[O-])cc1)c1ccccc1C(=O)O. The summed E-state index contributed by atoms with van der Waals surface area (Å²) in [6.45, 7) is 11.6. The summed E-state index contributed by atoms with van der Waals surface area (Å²) in [5.41, 5.74) is 3.45. The number of hydrogen-bond acceptors (Lipinski definition) is 7. The molecular formula is C34H36N4O5. The largest absolute Gasteiger partial charge is 0.478 e. The molecular weight excluding hydrogens is 544 g/mol. The van der Waals surface area contributed by atoms with E-state index in [1.807, 2.05) is 48.5 Å². The first-order valence-corrected chi connectivity index (χ1v) is 14.6. The van der Waals surface area contributed by atoms with Crippen LogP contribution in [0.2, 0.25) is 0 Å². The Labute approximate surface area is 251 Å². The number of anilines is 3. The Hall–Kier alpha value is -5.05. The Balaban J connectivity index is 1.85. The lowest BCUT2D eigenvalue weighted by atomic mass is 9.73. The summed E-state index contributed by atoms with van der Waals surface area (Å²) in [5, 5.41) is 25.4. The molecule has 0 aromatic heterocycles. The number of hydrogen-bond donors (Lipinski definition) is 2. The third-order valence-corrected chi connectivity index (χ3v) is 8.19. The monoisotopic (exact) mass is 580 g/mol. The summed E-state index contributed by atoms with van der Waals surface area (Å²) in [4.78, 5) is 28.1. The van der Waals surface area contributed by atoms with Gasteiger partial charge < -0.3 is 25.0 Å². The van der Waals surface area contributed by atoms with Gasteiger partial charge >= 0.3 is 5.97 Å². The third-order valence-electron chi connectivity index (χ3n) is 8.19. The van der Waals surface area contributed by atoms with E-state index in [0.29, 0.717) is 22.7 Å². The minimum atomic E-state index is -1.21. The fourth-order valence-electron chi connectivity index (χ4n) is 6.02. The molecule has 43 heavy (non-hydrogen) atoms. The van der Waals surface area contributed by atoms with E-state index in [4.69, 9.17) is 4.74 Å². The van der Waals surface area contributed by atoms with Crippen LogP contribution in [0.15, 0.2) is 84.9 Å². The van der Waals surface area contributed by atoms with Crippen LogP contribution < -0.4 is 19.9 Å². The highest BCUT2D eigenvalue weighted by atomic mass is 16.6. The third kappa shape index (κ3) is 5.22. The first-order valence-electron chi connectivity index (χ1n) is 14.6. The molecule has 0 atom stereocenters. The maximum atomic E-state index is 12.7. The smallest absolute Gasteiger partial charge is 0.336 e. The number of ether oxygens (including phenoxy) is 1. The fourth-order valence-corrected chi connectivity index (χ4v) is 6.02. The number of carboxylic acids is 1. The number of carbonyl (C=O) groups is 1. The predicted molar refractivity (Wildman–Crippen MR) is 170 cm³/mol. The Bertz CT molecular complexity index is 1580. The fraction of sp³-hybridized carbons (Fsp3) is 0.265. The van der Waals surface area contributed by atoms with E-state index in [1.165, 1.54) is 12.1 Å². The molecule has 0 fully saturated rings. The molecule has 0 aliphatic carbocycles. The maximum Gasteiger partial charge on any atom is 0.336 e. The second kappa shape index (κ2) is 12.1. The summed E-state index contributed by atoms with van der Waals surface area (Å²) >= 11 is 0. The zero-order valence-corrected chi connectivity index (χ0v) is 24.8. The molecule has 0 saturated heterocycles. The highest BCUT2D eigenvalue weighted by molar-refractivity contribution is 5.91. The Kier molecular flexibility index (Phi) is 8.25. The van der Waals surface area contributed by atoms with Gasteiger partial charge in [0.2, 0.25) is 0 Å². The minimum Gasteiger partial charge on any atom is -0.478 e. The van der Waals surface area contributed by atoms with Crippen molar-refractivity contribution in [3.05, 3.63) is 117 Å². The van der Waals surface area contributed by atoms with Gasteiger partial charge in [0.25, 0.3) is 5.69 Å². The average Bonchev–Trinajstić information content (AvgIpc) is 3.02. The average molecular weight is 581 g/mol. The molecule has 1 aliphatic heterocycles. The highest BCUT2D eigenvalue weighted by Crippen LogP contribution is 2.54. The van der Waals surface area contributed by atoms with Crippen LogP contribution in [-0.2, 0) is 5.54 Å². The predicted octanol–water partition coefficient (Wildman–Crippen LogP) is 7.50. The van der Waals surface area contributed by atoms with E-state index >= 15 is 0 Å². The number of non-ortho nitro benzene ring substituents is 1. The van der Waals surface area contributed by atoms with Crippen molar-refractivity contribution in [1.82, 2.24) is 0 Å². The molecule has 0 radical (unpaired) electrons. The lowest BCUT2D eigenvalue weighted by molar-refractivity contribution is -0.384. The van der Waals surface area contributed by atoms with Crippen LogP contribution in [0, 0.1) is 10.1 Å². The van der Waals surface area contributed by atoms with Crippen molar-refractivity contribution in [3.63, 3.8) is 0 Å². The quantitative estimate of drug-likeness (QED) is 0.139. The summed E-state index contributed by atoms with van der Waals surface area (Å²) in [5.74, 6) is 0.140. The topological polar surface area (TPSA) is 108 Å². The van der Waals surface area contributed by atoms with Gasteiger partial charge in [-0.3, -0.25) is 10.1 Å². The number of carboxylic acid groups (broad SMARTS) is 1. The van der Waals surface area contributed by atoms with Crippen LogP contribution in [0.5, 0.6) is 11.5 Å². The second-order valence-electron chi connectivity index (χ2n) is 10.3. The second-order valence-corrected chi connectivity index (χ2v) is 10.3. The van der Waals surface area contributed by atoms with Crippen molar-refractivity contribution >= 4 is 28.7 Å². The normalized spacial score (nSPS) is 12.8. The number of nitrogens with one attached hydrogen (secondary N) is 1. The van der Waals surface area contributed by atoms with Gasteiger partial charge in [0.1, 0.15) is 17.0 Å². The van der Waals surface area contributed by atoms with Gasteiger partial charge in [0, 0.05) is 84.2 Å². The van der Waals surface area contributed by atoms with E-state index in [1.54, 1.807) is 24.3 Å². The van der Waals surface area contributed by atoms with E-state index in [-0.39, 0.29) is 11.3 Å². The number of benzene rings is 4. The van der Waals surface area contributed by atoms with E-state index in [9.17, 15) is 20.0 Å². The molecule has 9 heteroatoms. The van der Waals surface area contributed by atoms with E-state index < -0.39 is 16.4 Å². The number of nitro groups is 1. The molecule has 0 saturated carbocycles. The number of nitro benzene ring substituents is 1. The van der Waals surface area contributed by atoms with Gasteiger partial charge in [-0.15, -0.1) is 0 Å². The summed E-state index contributed by atoms with van der Waals surface area (Å²) in [6.07, 6.45) is 0. The standard InChI is InChI=1S/C34H36N4O5/c1-5-36(6-2)25-17-19-29-31(21-25)43-32-22-26(37(7-3)8-4)18-20-30(32)34(29,28-12-10-9-11-27(28)33(39)40)35-23-13-15-24(16-14-23)38(41)42/h9-22,35H,5-8H2,1-4H3,(H,39,40). The Morgan fingerprint density at radius 1 is 0.791 bits per heavy atom. The van der Waals surface area contributed by atoms with Crippen molar-refractivity contribution in [3.8, 4) is 11.5 Å². The van der Waals surface area contributed by atoms with Crippen molar-refractivity contribution < 1.29 is 19.6 Å². The summed E-state index contributed by atoms with van der Waals surface area (Å²) in [7, 11) is 0. The van der Waals surface area contributed by atoms with Crippen molar-refractivity contribution in [2.45, 2.75) is 33.2 Å². The summed E-state index contributed by atoms with van der Waals surface area (Å²) < 4.78 is 6.67. The molecule has 0 unspecified atom stereocenters. The van der Waals surface area contributed by atoms with Crippen LogP contribution in [-0.4, -0.2) is 42.2 Å². The number of nitrogens with zero attached hydrogens (tertiary/aromatic N) is 3. The molecule has 5 rings (SSSR count). The van der Waals surface area contributed by atoms with Gasteiger partial charge in [-0.2, -0.15) is 0 Å². The zero-order valence-electron chi connectivity index (χ0n) is 24.8. The molecule has 4 aromatic rings. The highest BCUT2D eigenvalue weighted by Gasteiger charge is 2.46. The van der Waals surface area contributed by atoms with Crippen molar-refractivity contribution in [1.29, 1.82) is 0 Å². The molecule has 4 aromatic carbocycles. The van der Waals surface area contributed by atoms with Gasteiger partial charge in [0.05, 0.1) is 10.5 Å². The molecule has 1 heterocycles. The number of aromatic carboxylic acids is 1. The van der Waals surface area contributed by atoms with Gasteiger partial charge in [-0.1, -0.05) is 30.3 Å². The molecule has 0 amide bonds. The number of rotatable bonds is 11.